The third-order valence-corrected chi connectivity index (χ3v) is 15.0. The van der Waals surface area contributed by atoms with Crippen LogP contribution in [0, 0.1) is 49.2 Å². The Morgan fingerprint density at radius 1 is 0.523 bits per heavy atom. The zero-order chi connectivity index (χ0) is 70.3. The minimum absolute atomic E-state index is 0.0684. The molecule has 0 radical (unpaired) electrons. The summed E-state index contributed by atoms with van der Waals surface area (Å²) in [5.41, 5.74) is 18.9. The number of aliphatic hydroxyl groups excluding tert-OH is 3. The van der Waals surface area contributed by atoms with Crippen molar-refractivity contribution in [2.45, 2.75) is 282 Å². The molecule has 0 aromatic rings. The van der Waals surface area contributed by atoms with Gasteiger partial charge in [-0.15, -0.1) is 0 Å². The Morgan fingerprint density at radius 3 is 1.16 bits per heavy atom. The first-order chi connectivity index (χ1) is 38.1. The summed E-state index contributed by atoms with van der Waals surface area (Å²) in [6.07, 6.45) is 18.3. The average Bonchev–Trinajstić information content (AvgIpc) is 3.27. The minimum atomic E-state index is -2.99. The highest BCUT2D eigenvalue weighted by molar-refractivity contribution is 7.88. The summed E-state index contributed by atoms with van der Waals surface area (Å²) in [5.74, 6) is 0.682. The fourth-order valence-electron chi connectivity index (χ4n) is 6.82. The van der Waals surface area contributed by atoms with Crippen LogP contribution >= 0.6 is 12.2 Å². The van der Waals surface area contributed by atoms with Gasteiger partial charge in [-0.2, -0.15) is 0 Å². The monoisotopic (exact) mass is 1300 g/mol. The van der Waals surface area contributed by atoms with Gasteiger partial charge in [-0.25, -0.2) is 25.9 Å². The smallest absolute Gasteiger partial charge is 0.216 e. The maximum atomic E-state index is 11.0. The molecule has 0 aliphatic heterocycles. The van der Waals surface area contributed by atoms with Gasteiger partial charge in [0.2, 0.25) is 26.0 Å². The van der Waals surface area contributed by atoms with E-state index in [0.29, 0.717) is 75.1 Å². The number of hydrogen-bond acceptors (Lipinski definition) is 12. The van der Waals surface area contributed by atoms with E-state index < -0.39 is 26.2 Å². The largest absolute Gasteiger partial charge is 0.396 e. The van der Waals surface area contributed by atoms with Crippen LogP contribution in [0.2, 0.25) is 0 Å². The maximum absolute atomic E-state index is 11.0. The Bertz CT molecular complexity index is 1750. The van der Waals surface area contributed by atoms with Crippen molar-refractivity contribution >= 4 is 43.3 Å². The van der Waals surface area contributed by atoms with Crippen LogP contribution in [0.25, 0.3) is 0 Å². The fourth-order valence-corrected chi connectivity index (χ4v) is 7.90. The quantitative estimate of drug-likeness (QED) is 0.0288. The van der Waals surface area contributed by atoms with Gasteiger partial charge in [-0.3, -0.25) is 4.79 Å². The van der Waals surface area contributed by atoms with Crippen molar-refractivity contribution in [3.8, 4) is 0 Å². The number of nitrogens with two attached hydrogens (primary N) is 3. The Morgan fingerprint density at radius 2 is 0.895 bits per heavy atom. The molecule has 2 unspecified atom stereocenters. The summed E-state index contributed by atoms with van der Waals surface area (Å²) in [4.78, 5) is 12.7. The van der Waals surface area contributed by atoms with Crippen molar-refractivity contribution in [3.63, 3.8) is 0 Å². The van der Waals surface area contributed by atoms with Gasteiger partial charge in [0.15, 0.2) is 5.11 Å². The lowest BCUT2D eigenvalue weighted by molar-refractivity contribution is -0.119. The molecule has 2 atom stereocenters. The van der Waals surface area contributed by atoms with E-state index in [1.165, 1.54) is 55.3 Å². The van der Waals surface area contributed by atoms with Crippen LogP contribution in [0.15, 0.2) is 0 Å². The summed E-state index contributed by atoms with van der Waals surface area (Å²) < 4.78 is 47.2. The number of aliphatic hydroxyl groups is 3. The molecule has 0 aromatic heterocycles. The molecule has 0 bridgehead atoms. The van der Waals surface area contributed by atoms with Crippen molar-refractivity contribution in [3.05, 3.63) is 0 Å². The number of nitrogens with zero attached hydrogens (tertiary/aromatic N) is 2. The lowest BCUT2D eigenvalue weighted by atomic mass is 9.80. The zero-order valence-electron chi connectivity index (χ0n) is 62.6. The molecule has 0 fully saturated rings. The zero-order valence-corrected chi connectivity index (χ0v) is 65.0. The number of rotatable bonds is 26. The van der Waals surface area contributed by atoms with Crippen LogP contribution in [0.4, 0.5) is 0 Å². The van der Waals surface area contributed by atoms with Gasteiger partial charge in [0.05, 0.1) is 25.2 Å². The summed E-state index contributed by atoms with van der Waals surface area (Å²) in [7, 11) is -2.23. The van der Waals surface area contributed by atoms with Crippen molar-refractivity contribution in [1.82, 2.24) is 24.6 Å². The molecule has 0 heterocycles. The number of thiocarbonyl (C=S) groups is 1. The van der Waals surface area contributed by atoms with E-state index in [2.05, 4.69) is 192 Å². The van der Waals surface area contributed by atoms with Gasteiger partial charge in [0.1, 0.15) is 0 Å². The predicted octanol–water partition coefficient (Wildman–Crippen LogP) is 13.4. The van der Waals surface area contributed by atoms with E-state index in [1.54, 1.807) is 14.0 Å². The number of nitrogens with one attached hydrogen (secondary N) is 3. The molecule has 12 N–H and O–H groups in total. The Hall–Kier alpha value is -1.26. The number of sulfonamides is 2. The molecule has 0 saturated carbocycles. The first kappa shape index (κ1) is 101. The Kier molecular flexibility index (Phi) is 61.3. The molecule has 528 valence electrons. The second kappa shape index (κ2) is 52.3. The lowest BCUT2D eigenvalue weighted by Crippen LogP contribution is -2.30. The molecule has 0 rings (SSSR count). The van der Waals surface area contributed by atoms with Crippen molar-refractivity contribution in [1.29, 1.82) is 0 Å². The maximum Gasteiger partial charge on any atom is 0.216 e. The van der Waals surface area contributed by atoms with E-state index in [0.717, 1.165) is 90.6 Å². The van der Waals surface area contributed by atoms with Gasteiger partial charge in [0.25, 0.3) is 0 Å². The first-order valence-corrected chi connectivity index (χ1v) is 36.4. The SMILES string of the molecule is CC(=O)NCCCC(C)(C)C.CC(C)(C)CC(O)CO.CC(C)(C)CCCCCN.CC(C)(C)CCCNC(N)=S.CC(C)(C)CCCNS(C)(=O)=O.CC(CCO)C(C)(C)C.CN(CCCC(C)(C)C)S(C)(=O)=O.CN(CCN)CCC(C)(C)C. The van der Waals surface area contributed by atoms with Crippen LogP contribution in [-0.2, 0) is 24.8 Å². The lowest BCUT2D eigenvalue weighted by Gasteiger charge is -2.26. The van der Waals surface area contributed by atoms with Gasteiger partial charge < -0.3 is 48.1 Å². The number of likely N-dealkylation sites (N-methyl/N-ethyl adjacent to an activating group) is 1. The summed E-state index contributed by atoms with van der Waals surface area (Å²) in [6.45, 7) is 63.2. The molecule has 0 aliphatic rings. The van der Waals surface area contributed by atoms with E-state index in [-0.39, 0.29) is 17.9 Å². The fraction of sp³-hybridized carbons (Fsp3) is 0.970. The van der Waals surface area contributed by atoms with Gasteiger partial charge in [0, 0.05) is 59.8 Å². The van der Waals surface area contributed by atoms with Gasteiger partial charge in [-0.1, -0.05) is 186 Å². The van der Waals surface area contributed by atoms with E-state index >= 15 is 0 Å². The van der Waals surface area contributed by atoms with Gasteiger partial charge in [-0.05, 0) is 165 Å². The topological polar surface area (TPSA) is 267 Å². The van der Waals surface area contributed by atoms with Gasteiger partial charge >= 0.3 is 0 Å². The third-order valence-electron chi connectivity index (χ3n) is 12.8. The summed E-state index contributed by atoms with van der Waals surface area (Å²) in [6, 6.07) is 0. The summed E-state index contributed by atoms with van der Waals surface area (Å²) >= 11 is 4.67. The van der Waals surface area contributed by atoms with Crippen molar-refractivity contribution in [2.75, 3.05) is 92.2 Å². The number of amides is 1. The molecule has 86 heavy (non-hydrogen) atoms. The molecule has 0 aromatic carbocycles. The van der Waals surface area contributed by atoms with Crippen molar-refractivity contribution in [2.24, 2.45) is 66.4 Å². The Labute approximate surface area is 542 Å². The highest BCUT2D eigenvalue weighted by Gasteiger charge is 2.19. The van der Waals surface area contributed by atoms with E-state index in [1.807, 2.05) is 20.8 Å². The molecule has 19 heteroatoms. The standard InChI is InChI=1S/C9H22N2.C9H21NO2S.C9H19NO.C9H21N.C8H18N2S.C8H19NO2S.C8H18O.C7H16O2/c1-9(2,3)5-7-11(4)8-6-10;1-9(2,3)7-6-8-10(4)13(5,11)12;1-8(11)10-7-5-6-9(2,3)4;1-9(2,3)7-5-4-6-8-10;1-8(2,3)5-4-6-10-7(9)11;1-8(2,3)6-5-7-9-12(4,10)11;1-7(5-6-9)8(2,3)4;1-7(2,3)4-6(9)5-8/h5-8,10H2,1-4H3;6-8H2,1-5H3;5-7H2,1-4H3,(H,10,11);4-8,10H2,1-3H3;4-6H2,1-3H3,(H3,9,10,11);9H,5-7H2,1-4H3;7,9H,5-6H2,1-4H3;6,8-9H,4-5H2,1-3H3. The highest BCUT2D eigenvalue weighted by Crippen LogP contribution is 2.28. The van der Waals surface area contributed by atoms with Crippen LogP contribution in [0.5, 0.6) is 0 Å². The van der Waals surface area contributed by atoms with Crippen molar-refractivity contribution < 1.29 is 36.9 Å². The minimum Gasteiger partial charge on any atom is -0.396 e. The molecule has 0 aliphatic carbocycles. The average molecular weight is 1300 g/mol. The second-order valence-electron chi connectivity index (χ2n) is 33.1. The highest BCUT2D eigenvalue weighted by atomic mass is 32.2. The molecular formula is C67H154N8O8S3. The summed E-state index contributed by atoms with van der Waals surface area (Å²) in [5, 5.41) is 32.1. The molecule has 0 saturated heterocycles. The number of hydrogen-bond donors (Lipinski definition) is 9. The van der Waals surface area contributed by atoms with Crippen LogP contribution in [0.3, 0.4) is 0 Å². The normalized spacial score (nSPS) is 13.1. The molecule has 0 spiro atoms. The number of carbonyl (C=O) groups is 1. The number of carbonyl (C=O) groups excluding carboxylic acids is 1. The molecule has 16 nitrogen and oxygen atoms in total. The van der Waals surface area contributed by atoms with E-state index in [9.17, 15) is 21.6 Å². The predicted molar refractivity (Wildman–Crippen MR) is 384 cm³/mol. The van der Waals surface area contributed by atoms with Crippen LogP contribution < -0.4 is 32.6 Å². The molecule has 1 amide bonds. The Balaban J connectivity index is -0.000000135. The van der Waals surface area contributed by atoms with Crippen LogP contribution in [-0.4, -0.2) is 151 Å². The first-order valence-electron chi connectivity index (χ1n) is 32.2. The van der Waals surface area contributed by atoms with E-state index in [4.69, 9.17) is 32.5 Å². The van der Waals surface area contributed by atoms with Crippen LogP contribution in [0.1, 0.15) is 276 Å². The third kappa shape index (κ3) is 117. The number of unbranched alkanes of at least 4 members (excludes halogenated alkanes) is 2. The molecular weight excluding hydrogens is 1140 g/mol. The second-order valence-corrected chi connectivity index (χ2v) is 37.5.